The maximum absolute atomic E-state index is 13.5. The maximum Gasteiger partial charge on any atom is 0.260 e. The number of hydrogen-bond donors (Lipinski definition) is 0. The van der Waals surface area contributed by atoms with Gasteiger partial charge in [0.15, 0.2) is 5.13 Å². The molecule has 2 heterocycles. The lowest BCUT2D eigenvalue weighted by Crippen LogP contribution is -2.37. The molecule has 5 nitrogen and oxygen atoms in total. The second kappa shape index (κ2) is 8.73. The Labute approximate surface area is 179 Å². The van der Waals surface area contributed by atoms with Crippen molar-refractivity contribution in [3.8, 4) is 5.75 Å². The molecule has 0 bridgehead atoms. The number of hydrogen-bond acceptors (Lipinski definition) is 6. The van der Waals surface area contributed by atoms with Gasteiger partial charge >= 0.3 is 0 Å². The van der Waals surface area contributed by atoms with E-state index in [1.807, 2.05) is 42.7 Å². The zero-order valence-electron chi connectivity index (χ0n) is 16.8. The molecule has 0 N–H and O–H groups in total. The fraction of sp³-hybridized carbons (Fsp3) is 0.364. The molecule has 1 atom stereocenters. The molecule has 1 saturated heterocycles. The van der Waals surface area contributed by atoms with Gasteiger partial charge in [0.05, 0.1) is 24.5 Å². The van der Waals surface area contributed by atoms with Gasteiger partial charge in [-0.1, -0.05) is 23.5 Å². The van der Waals surface area contributed by atoms with Crippen molar-refractivity contribution in [3.63, 3.8) is 0 Å². The third kappa shape index (κ3) is 4.13. The second-order valence-corrected chi connectivity index (χ2v) is 8.90. The largest absolute Gasteiger partial charge is 0.494 e. The molecule has 29 heavy (non-hydrogen) atoms. The normalized spacial score (nSPS) is 16.3. The number of amides is 1. The number of aryl methyl sites for hydroxylation is 1. The Bertz CT molecular complexity index is 1030. The van der Waals surface area contributed by atoms with Crippen molar-refractivity contribution >= 4 is 44.4 Å². The van der Waals surface area contributed by atoms with Gasteiger partial charge in [-0.15, -0.1) is 11.8 Å². The number of fused-ring (bicyclic) bond motifs is 1. The van der Waals surface area contributed by atoms with Crippen LogP contribution in [0.15, 0.2) is 41.3 Å². The van der Waals surface area contributed by atoms with Crippen LogP contribution in [0.1, 0.15) is 28.8 Å². The van der Waals surface area contributed by atoms with Crippen LogP contribution in [0, 0.1) is 6.92 Å². The lowest BCUT2D eigenvalue weighted by atomic mass is 10.2. The first-order valence-corrected chi connectivity index (χ1v) is 11.7. The minimum absolute atomic E-state index is 0.0395. The number of anilines is 1. The molecule has 7 heteroatoms. The third-order valence-corrected chi connectivity index (χ3v) is 7.05. The van der Waals surface area contributed by atoms with E-state index in [1.54, 1.807) is 23.8 Å². The molecule has 0 spiro atoms. The Kier molecular flexibility index (Phi) is 6.08. The van der Waals surface area contributed by atoms with E-state index in [2.05, 4.69) is 6.92 Å². The van der Waals surface area contributed by atoms with E-state index in [4.69, 9.17) is 14.5 Å². The first kappa shape index (κ1) is 20.2. The first-order chi connectivity index (χ1) is 14.1. The Morgan fingerprint density at radius 3 is 2.97 bits per heavy atom. The molecular weight excluding hydrogens is 404 g/mol. The molecule has 1 amide bonds. The lowest BCUT2D eigenvalue weighted by molar-refractivity contribution is 0.0917. The van der Waals surface area contributed by atoms with Crippen molar-refractivity contribution < 1.29 is 14.3 Å². The molecule has 0 saturated carbocycles. The number of carbonyl (C=O) groups excluding carboxylic acids is 1. The summed E-state index contributed by atoms with van der Waals surface area (Å²) in [5.74, 6) is 0.675. The molecule has 1 aliphatic rings. The number of ether oxygens (including phenoxy) is 2. The second-order valence-electron chi connectivity index (χ2n) is 7.04. The topological polar surface area (TPSA) is 51.7 Å². The van der Waals surface area contributed by atoms with Crippen molar-refractivity contribution in [2.24, 2.45) is 0 Å². The molecule has 4 rings (SSSR count). The summed E-state index contributed by atoms with van der Waals surface area (Å²) in [6.45, 7) is 3.31. The van der Waals surface area contributed by atoms with Crippen molar-refractivity contribution in [2.45, 2.75) is 30.8 Å². The van der Waals surface area contributed by atoms with Gasteiger partial charge in [-0.05, 0) is 55.9 Å². The van der Waals surface area contributed by atoms with Gasteiger partial charge in [-0.25, -0.2) is 4.98 Å². The highest BCUT2D eigenvalue weighted by Gasteiger charge is 2.28. The van der Waals surface area contributed by atoms with E-state index in [0.29, 0.717) is 17.2 Å². The van der Waals surface area contributed by atoms with E-state index in [9.17, 15) is 4.79 Å². The summed E-state index contributed by atoms with van der Waals surface area (Å²) < 4.78 is 12.4. The van der Waals surface area contributed by atoms with Crippen LogP contribution in [0.3, 0.4) is 0 Å². The number of methoxy groups -OCH3 is 1. The van der Waals surface area contributed by atoms with Gasteiger partial charge in [-0.3, -0.25) is 9.69 Å². The van der Waals surface area contributed by atoms with Crippen LogP contribution >= 0.6 is 23.1 Å². The van der Waals surface area contributed by atoms with E-state index in [1.165, 1.54) is 11.3 Å². The van der Waals surface area contributed by atoms with E-state index >= 15 is 0 Å². The van der Waals surface area contributed by atoms with Gasteiger partial charge in [-0.2, -0.15) is 0 Å². The fourth-order valence-corrected chi connectivity index (χ4v) is 5.05. The summed E-state index contributed by atoms with van der Waals surface area (Å²) in [4.78, 5) is 21.2. The predicted molar refractivity (Wildman–Crippen MR) is 120 cm³/mol. The van der Waals surface area contributed by atoms with Crippen LogP contribution in [0.4, 0.5) is 5.13 Å². The molecule has 1 aromatic heterocycles. The minimum atomic E-state index is -0.0490. The number of aromatic nitrogens is 1. The molecule has 1 aliphatic heterocycles. The highest BCUT2D eigenvalue weighted by atomic mass is 32.2. The summed E-state index contributed by atoms with van der Waals surface area (Å²) in [6, 6.07) is 11.7. The summed E-state index contributed by atoms with van der Waals surface area (Å²) >= 11 is 3.16. The van der Waals surface area contributed by atoms with Gasteiger partial charge < -0.3 is 9.47 Å². The Morgan fingerprint density at radius 2 is 2.24 bits per heavy atom. The van der Waals surface area contributed by atoms with Crippen LogP contribution in [0.5, 0.6) is 5.75 Å². The highest BCUT2D eigenvalue weighted by molar-refractivity contribution is 7.98. The van der Waals surface area contributed by atoms with Crippen molar-refractivity contribution in [1.82, 2.24) is 4.98 Å². The fourth-order valence-electron chi connectivity index (χ4n) is 3.53. The van der Waals surface area contributed by atoms with Gasteiger partial charge in [0, 0.05) is 17.1 Å². The van der Waals surface area contributed by atoms with E-state index in [-0.39, 0.29) is 12.0 Å². The quantitative estimate of drug-likeness (QED) is 0.508. The Morgan fingerprint density at radius 1 is 1.38 bits per heavy atom. The molecule has 0 aliphatic carbocycles. The predicted octanol–water partition coefficient (Wildman–Crippen LogP) is 5.16. The standard InChI is InChI=1S/C22H24N2O3S2/c1-14-9-10-18(26-2)19-20(14)29-22(23-19)24(13-16-7-5-11-27-16)21(25)15-6-4-8-17(12-15)28-3/h4,6,8-10,12,16H,5,7,11,13H2,1-3H3. The summed E-state index contributed by atoms with van der Waals surface area (Å²) in [6.07, 6.45) is 4.04. The molecule has 1 unspecified atom stereocenters. The average molecular weight is 429 g/mol. The zero-order valence-corrected chi connectivity index (χ0v) is 18.4. The number of carbonyl (C=O) groups is 1. The average Bonchev–Trinajstić information content (AvgIpc) is 3.42. The van der Waals surface area contributed by atoms with Gasteiger partial charge in [0.1, 0.15) is 11.3 Å². The van der Waals surface area contributed by atoms with Crippen LogP contribution in [-0.4, -0.2) is 43.5 Å². The van der Waals surface area contributed by atoms with Crippen molar-refractivity contribution in [2.75, 3.05) is 31.4 Å². The summed E-state index contributed by atoms with van der Waals surface area (Å²) in [5.41, 5.74) is 2.59. The Balaban J connectivity index is 1.76. The first-order valence-electron chi connectivity index (χ1n) is 9.62. The number of thioether (sulfide) groups is 1. The van der Waals surface area contributed by atoms with Crippen LogP contribution in [0.2, 0.25) is 0 Å². The molecule has 3 aromatic rings. The lowest BCUT2D eigenvalue weighted by Gasteiger charge is -2.23. The van der Waals surface area contributed by atoms with Crippen LogP contribution < -0.4 is 9.64 Å². The highest BCUT2D eigenvalue weighted by Crippen LogP contribution is 2.37. The molecule has 2 aromatic carbocycles. The minimum Gasteiger partial charge on any atom is -0.494 e. The summed E-state index contributed by atoms with van der Waals surface area (Å²) in [5, 5.41) is 0.683. The van der Waals surface area contributed by atoms with Gasteiger partial charge in [0.2, 0.25) is 0 Å². The molecular formula is C22H24N2O3S2. The monoisotopic (exact) mass is 428 g/mol. The molecule has 152 valence electrons. The third-order valence-electron chi connectivity index (χ3n) is 5.11. The SMILES string of the molecule is COc1ccc(C)c2sc(N(CC3CCCO3)C(=O)c3cccc(SC)c3)nc12. The zero-order chi connectivity index (χ0) is 20.4. The van der Waals surface area contributed by atoms with Crippen LogP contribution in [-0.2, 0) is 4.74 Å². The number of benzene rings is 2. The van der Waals surface area contributed by atoms with E-state index in [0.717, 1.165) is 45.9 Å². The summed E-state index contributed by atoms with van der Waals surface area (Å²) in [7, 11) is 1.65. The maximum atomic E-state index is 13.5. The van der Waals surface area contributed by atoms with Crippen LogP contribution in [0.25, 0.3) is 10.2 Å². The Hall–Kier alpha value is -2.09. The van der Waals surface area contributed by atoms with Crippen molar-refractivity contribution in [1.29, 1.82) is 0 Å². The van der Waals surface area contributed by atoms with Crippen molar-refractivity contribution in [3.05, 3.63) is 47.5 Å². The smallest absolute Gasteiger partial charge is 0.260 e. The number of rotatable bonds is 6. The molecule has 1 fully saturated rings. The molecule has 0 radical (unpaired) electrons. The van der Waals surface area contributed by atoms with Gasteiger partial charge in [0.25, 0.3) is 5.91 Å². The van der Waals surface area contributed by atoms with E-state index < -0.39 is 0 Å². The number of thiazole rings is 1. The number of nitrogens with zero attached hydrogens (tertiary/aromatic N) is 2.